The highest BCUT2D eigenvalue weighted by atomic mass is 16.1. The molecule has 0 saturated carbocycles. The highest BCUT2D eigenvalue weighted by Gasteiger charge is 2.11. The topological polar surface area (TPSA) is 85.8 Å². The molecule has 0 fully saturated rings. The fourth-order valence-corrected chi connectivity index (χ4v) is 2.75. The number of fused-ring (bicyclic) bond motifs is 1. The lowest BCUT2D eigenvalue weighted by molar-refractivity contribution is 0.834. The molecule has 1 aromatic carbocycles. The average Bonchev–Trinajstić information content (AvgIpc) is 2.64. The lowest BCUT2D eigenvalue weighted by atomic mass is 9.95. The van der Waals surface area contributed by atoms with E-state index in [-0.39, 0.29) is 5.95 Å². The summed E-state index contributed by atoms with van der Waals surface area (Å²) in [5.41, 5.74) is 7.80. The van der Waals surface area contributed by atoms with Gasteiger partial charge in [0.15, 0.2) is 0 Å². The summed E-state index contributed by atoms with van der Waals surface area (Å²) in [6, 6.07) is 14.5. The number of nitrogens with two attached hydrogens (primary N) is 1. The van der Waals surface area contributed by atoms with Crippen molar-refractivity contribution in [3.05, 3.63) is 70.4 Å². The number of nitrogens with one attached hydrogen (secondary N) is 1. The van der Waals surface area contributed by atoms with Crippen molar-refractivity contribution < 1.29 is 0 Å². The first-order valence-corrected chi connectivity index (χ1v) is 8.31. The van der Waals surface area contributed by atoms with Gasteiger partial charge in [-0.3, -0.25) is 9.99 Å². The number of nitrogen functional groups attached to an aromatic ring is 1. The molecule has 0 atom stereocenters. The van der Waals surface area contributed by atoms with Crippen LogP contribution in [0.15, 0.2) is 53.6 Å². The minimum atomic E-state index is -0.390. The molecule has 0 bridgehead atoms. The number of benzene rings is 2. The zero-order chi connectivity index (χ0) is 17.8. The number of para-hydroxylation sites is 1. The first-order chi connectivity index (χ1) is 12.2. The van der Waals surface area contributed by atoms with E-state index in [1.807, 2.05) is 18.2 Å². The van der Waals surface area contributed by atoms with Crippen LogP contribution in [0.1, 0.15) is 25.0 Å². The first kappa shape index (κ1) is 16.9. The number of hydrazine groups is 1. The van der Waals surface area contributed by atoms with E-state index in [1.54, 1.807) is 0 Å². The summed E-state index contributed by atoms with van der Waals surface area (Å²) in [6.07, 6.45) is 3.14. The molecular formula is C19H21N5O. The number of rotatable bonds is 4. The van der Waals surface area contributed by atoms with E-state index in [2.05, 4.69) is 53.5 Å². The van der Waals surface area contributed by atoms with E-state index in [0.29, 0.717) is 0 Å². The van der Waals surface area contributed by atoms with Gasteiger partial charge >= 0.3 is 5.69 Å². The van der Waals surface area contributed by atoms with Crippen LogP contribution in [0.5, 0.6) is 0 Å². The molecule has 1 heterocycles. The van der Waals surface area contributed by atoms with Crippen molar-refractivity contribution >= 4 is 5.95 Å². The third-order valence-electron chi connectivity index (χ3n) is 4.26. The van der Waals surface area contributed by atoms with Crippen LogP contribution in [0, 0.1) is 0 Å². The monoisotopic (exact) mass is 335 g/mol. The average molecular weight is 335 g/mol. The Balaban J connectivity index is 0.000000250. The smallest absolute Gasteiger partial charge is 0.292 e. The Morgan fingerprint density at radius 1 is 1.00 bits per heavy atom. The summed E-state index contributed by atoms with van der Waals surface area (Å²) in [7, 11) is 0. The molecule has 3 N–H and O–H groups in total. The van der Waals surface area contributed by atoms with E-state index in [0.717, 1.165) is 29.7 Å². The zero-order valence-corrected chi connectivity index (χ0v) is 14.4. The Labute approximate surface area is 146 Å². The number of nitrogens with zero attached hydrogens (tertiary/aromatic N) is 3. The fraction of sp³-hybridized carbons (Fsp3) is 0.211. The standard InChI is InChI=1S/C13H17N5O.C6H4/c1-3-9-6-5-7-10(4-2)11(9)18-8-15-12(17-14)16-13(18)19;1-2-6-4-3-5(1)6/h5-8H,3-4,14H2,1-2H3,(H,16,17,19);1-4H. The predicted molar refractivity (Wildman–Crippen MR) is 99.6 cm³/mol. The summed E-state index contributed by atoms with van der Waals surface area (Å²) in [5, 5.41) is 0. The summed E-state index contributed by atoms with van der Waals surface area (Å²) < 4.78 is 1.47. The lowest BCUT2D eigenvalue weighted by Gasteiger charge is -2.14. The van der Waals surface area contributed by atoms with Crippen molar-refractivity contribution in [2.24, 2.45) is 5.84 Å². The number of hydrogen-bond acceptors (Lipinski definition) is 5. The molecule has 128 valence electrons. The van der Waals surface area contributed by atoms with Crippen molar-refractivity contribution in [2.45, 2.75) is 26.7 Å². The van der Waals surface area contributed by atoms with Gasteiger partial charge < -0.3 is 0 Å². The van der Waals surface area contributed by atoms with Crippen LogP contribution in [0.25, 0.3) is 16.8 Å². The molecule has 2 aliphatic carbocycles. The number of anilines is 1. The Hall–Kier alpha value is -2.99. The maximum atomic E-state index is 12.1. The third-order valence-corrected chi connectivity index (χ3v) is 4.26. The Bertz CT molecular complexity index is 888. The van der Waals surface area contributed by atoms with E-state index in [1.165, 1.54) is 22.0 Å². The summed E-state index contributed by atoms with van der Waals surface area (Å²) in [4.78, 5) is 19.8. The zero-order valence-electron chi connectivity index (χ0n) is 14.4. The van der Waals surface area contributed by atoms with E-state index >= 15 is 0 Å². The maximum Gasteiger partial charge on any atom is 0.356 e. The minimum absolute atomic E-state index is 0.119. The van der Waals surface area contributed by atoms with Crippen LogP contribution in [0.2, 0.25) is 0 Å². The maximum absolute atomic E-state index is 12.1. The van der Waals surface area contributed by atoms with Crippen LogP contribution < -0.4 is 17.0 Å². The highest BCUT2D eigenvalue weighted by molar-refractivity contribution is 5.75. The predicted octanol–water partition coefficient (Wildman–Crippen LogP) is 2.70. The molecular weight excluding hydrogens is 314 g/mol. The van der Waals surface area contributed by atoms with Crippen molar-refractivity contribution in [3.8, 4) is 16.8 Å². The van der Waals surface area contributed by atoms with Gasteiger partial charge in [-0.15, -0.1) is 0 Å². The van der Waals surface area contributed by atoms with Gasteiger partial charge in [0, 0.05) is 0 Å². The van der Waals surface area contributed by atoms with Gasteiger partial charge in [0.25, 0.3) is 0 Å². The number of aryl methyl sites for hydroxylation is 2. The second kappa shape index (κ2) is 7.27. The molecule has 0 radical (unpaired) electrons. The molecule has 25 heavy (non-hydrogen) atoms. The van der Waals surface area contributed by atoms with Gasteiger partial charge in [0.2, 0.25) is 5.95 Å². The largest absolute Gasteiger partial charge is 0.356 e. The van der Waals surface area contributed by atoms with Crippen LogP contribution in [0.3, 0.4) is 0 Å². The minimum Gasteiger partial charge on any atom is -0.292 e. The summed E-state index contributed by atoms with van der Waals surface area (Å²) in [5.74, 6) is 5.32. The van der Waals surface area contributed by atoms with Crippen molar-refractivity contribution in [1.82, 2.24) is 14.5 Å². The quantitative estimate of drug-likeness (QED) is 0.442. The first-order valence-electron chi connectivity index (χ1n) is 8.31. The molecule has 0 unspecified atom stereocenters. The number of aromatic nitrogens is 3. The molecule has 0 amide bonds. The molecule has 6 nitrogen and oxygen atoms in total. The van der Waals surface area contributed by atoms with Crippen LogP contribution in [0.4, 0.5) is 5.95 Å². The lowest BCUT2D eigenvalue weighted by Crippen LogP contribution is -2.26. The van der Waals surface area contributed by atoms with E-state index in [4.69, 9.17) is 5.84 Å². The second-order valence-corrected chi connectivity index (χ2v) is 5.69. The van der Waals surface area contributed by atoms with E-state index < -0.39 is 5.69 Å². The van der Waals surface area contributed by atoms with Gasteiger partial charge in [-0.25, -0.2) is 15.6 Å². The van der Waals surface area contributed by atoms with Crippen LogP contribution in [-0.2, 0) is 12.8 Å². The van der Waals surface area contributed by atoms with Crippen molar-refractivity contribution in [3.63, 3.8) is 0 Å². The van der Waals surface area contributed by atoms with Gasteiger partial charge in [-0.2, -0.15) is 4.98 Å². The van der Waals surface area contributed by atoms with Crippen LogP contribution in [-0.4, -0.2) is 14.5 Å². The summed E-state index contributed by atoms with van der Waals surface area (Å²) in [6.45, 7) is 4.11. The van der Waals surface area contributed by atoms with Gasteiger partial charge in [-0.1, -0.05) is 56.3 Å². The normalized spacial score (nSPS) is 10.7. The summed E-state index contributed by atoms with van der Waals surface area (Å²) >= 11 is 0. The van der Waals surface area contributed by atoms with Crippen molar-refractivity contribution in [1.29, 1.82) is 0 Å². The molecule has 0 aliphatic heterocycles. The van der Waals surface area contributed by atoms with E-state index in [9.17, 15) is 4.79 Å². The second-order valence-electron chi connectivity index (χ2n) is 5.69. The molecule has 2 aliphatic rings. The third kappa shape index (κ3) is 3.29. The Kier molecular flexibility index (Phi) is 4.90. The van der Waals surface area contributed by atoms with Gasteiger partial charge in [-0.05, 0) is 35.1 Å². The number of hydrogen-bond donors (Lipinski definition) is 2. The highest BCUT2D eigenvalue weighted by Crippen LogP contribution is 2.29. The Morgan fingerprint density at radius 3 is 1.92 bits per heavy atom. The van der Waals surface area contributed by atoms with Crippen LogP contribution >= 0.6 is 0 Å². The van der Waals surface area contributed by atoms with Gasteiger partial charge in [0.1, 0.15) is 6.33 Å². The van der Waals surface area contributed by atoms with Crippen molar-refractivity contribution in [2.75, 3.05) is 5.43 Å². The fourth-order valence-electron chi connectivity index (χ4n) is 2.75. The molecule has 6 heteroatoms. The van der Waals surface area contributed by atoms with Gasteiger partial charge in [0.05, 0.1) is 5.69 Å². The molecule has 0 saturated heterocycles. The Morgan fingerprint density at radius 2 is 1.56 bits per heavy atom. The molecule has 0 spiro atoms. The molecule has 1 aromatic heterocycles. The molecule has 2 aromatic rings. The SMILES string of the molecule is CCc1cccc(CC)c1-n1cnc(NN)nc1=O.c1cc2ccc1-2. The molecule has 4 rings (SSSR count).